The van der Waals surface area contributed by atoms with Crippen molar-refractivity contribution in [1.29, 1.82) is 0 Å². The van der Waals surface area contributed by atoms with E-state index in [1.807, 2.05) is 11.8 Å². The molecule has 0 aromatic rings. The summed E-state index contributed by atoms with van der Waals surface area (Å²) >= 11 is 0. The van der Waals surface area contributed by atoms with Gasteiger partial charge in [0, 0.05) is 6.54 Å². The molecule has 4 heteroatoms. The maximum Gasteiger partial charge on any atom is 0.249 e. The molecular weight excluding hydrogens is 252 g/mol. The van der Waals surface area contributed by atoms with Crippen molar-refractivity contribution in [2.45, 2.75) is 65.5 Å². The van der Waals surface area contributed by atoms with Gasteiger partial charge in [-0.05, 0) is 37.5 Å². The van der Waals surface area contributed by atoms with E-state index in [0.717, 1.165) is 19.3 Å². The first-order valence-electron chi connectivity index (χ1n) is 7.94. The lowest BCUT2D eigenvalue weighted by Gasteiger charge is -2.47. The Labute approximate surface area is 122 Å². The average molecular weight is 280 g/mol. The molecule has 1 N–H and O–H groups in total. The second-order valence-electron chi connectivity index (χ2n) is 7.15. The highest BCUT2D eigenvalue weighted by molar-refractivity contribution is 6.00. The van der Waals surface area contributed by atoms with Crippen LogP contribution in [0, 0.1) is 17.8 Å². The molecule has 2 rings (SSSR count). The highest BCUT2D eigenvalue weighted by Gasteiger charge is 2.55. The van der Waals surface area contributed by atoms with Gasteiger partial charge in [0.1, 0.15) is 11.6 Å². The fourth-order valence-electron chi connectivity index (χ4n) is 3.27. The summed E-state index contributed by atoms with van der Waals surface area (Å²) in [5, 5.41) is 3.04. The average Bonchev–Trinajstić information content (AvgIpc) is 3.19. The molecule has 20 heavy (non-hydrogen) atoms. The predicted octanol–water partition coefficient (Wildman–Crippen LogP) is 2.18. The molecule has 1 heterocycles. The SMILES string of the molecule is CCC(C)C1C(=O)NC(C)(C2CC2)C(=O)N1CC(C)C. The van der Waals surface area contributed by atoms with E-state index in [0.29, 0.717) is 18.4 Å². The van der Waals surface area contributed by atoms with E-state index in [2.05, 4.69) is 33.0 Å². The highest BCUT2D eigenvalue weighted by atomic mass is 16.2. The van der Waals surface area contributed by atoms with Crippen molar-refractivity contribution < 1.29 is 9.59 Å². The lowest BCUT2D eigenvalue weighted by atomic mass is 9.85. The van der Waals surface area contributed by atoms with Crippen molar-refractivity contribution >= 4 is 11.8 Å². The minimum Gasteiger partial charge on any atom is -0.340 e. The van der Waals surface area contributed by atoms with Crippen LogP contribution in [0.4, 0.5) is 0 Å². The first-order valence-corrected chi connectivity index (χ1v) is 7.94. The van der Waals surface area contributed by atoms with Crippen molar-refractivity contribution in [2.75, 3.05) is 6.54 Å². The van der Waals surface area contributed by atoms with Gasteiger partial charge in [-0.1, -0.05) is 34.1 Å². The molecule has 0 spiro atoms. The smallest absolute Gasteiger partial charge is 0.249 e. The molecular formula is C16H28N2O2. The largest absolute Gasteiger partial charge is 0.340 e. The van der Waals surface area contributed by atoms with Gasteiger partial charge in [-0.25, -0.2) is 0 Å². The lowest BCUT2D eigenvalue weighted by Crippen LogP contribution is -2.71. The van der Waals surface area contributed by atoms with Gasteiger partial charge in [0.15, 0.2) is 0 Å². The normalized spacial score (nSPS) is 32.5. The second kappa shape index (κ2) is 5.38. The van der Waals surface area contributed by atoms with E-state index in [1.165, 1.54) is 0 Å². The Kier molecular flexibility index (Phi) is 4.12. The van der Waals surface area contributed by atoms with Crippen LogP contribution in [-0.2, 0) is 9.59 Å². The number of piperazine rings is 1. The number of carbonyl (C=O) groups is 2. The topological polar surface area (TPSA) is 49.4 Å². The molecule has 2 fully saturated rings. The van der Waals surface area contributed by atoms with Crippen LogP contribution in [0.5, 0.6) is 0 Å². The summed E-state index contributed by atoms with van der Waals surface area (Å²) in [6.07, 6.45) is 3.00. The summed E-state index contributed by atoms with van der Waals surface area (Å²) in [4.78, 5) is 27.4. The van der Waals surface area contributed by atoms with E-state index >= 15 is 0 Å². The Balaban J connectivity index is 2.30. The van der Waals surface area contributed by atoms with E-state index in [1.54, 1.807) is 0 Å². The molecule has 3 unspecified atom stereocenters. The van der Waals surface area contributed by atoms with Crippen LogP contribution in [0.3, 0.4) is 0 Å². The number of carbonyl (C=O) groups excluding carboxylic acids is 2. The molecule has 114 valence electrons. The van der Waals surface area contributed by atoms with Gasteiger partial charge in [0.05, 0.1) is 0 Å². The van der Waals surface area contributed by atoms with Crippen LogP contribution in [-0.4, -0.2) is 34.8 Å². The summed E-state index contributed by atoms with van der Waals surface area (Å²) in [6, 6.07) is -0.304. The first kappa shape index (κ1) is 15.3. The first-order chi connectivity index (χ1) is 9.31. The number of hydrogen-bond donors (Lipinski definition) is 1. The Morgan fingerprint density at radius 2 is 1.90 bits per heavy atom. The quantitative estimate of drug-likeness (QED) is 0.839. The van der Waals surface area contributed by atoms with Crippen LogP contribution in [0.1, 0.15) is 53.9 Å². The predicted molar refractivity (Wildman–Crippen MR) is 79.1 cm³/mol. The summed E-state index contributed by atoms with van der Waals surface area (Å²) in [5.41, 5.74) is -0.671. The molecule has 2 aliphatic rings. The number of rotatable bonds is 5. The monoisotopic (exact) mass is 280 g/mol. The van der Waals surface area contributed by atoms with Crippen LogP contribution < -0.4 is 5.32 Å². The number of hydrogen-bond acceptors (Lipinski definition) is 2. The van der Waals surface area contributed by atoms with Crippen LogP contribution in [0.15, 0.2) is 0 Å². The summed E-state index contributed by atoms with van der Waals surface area (Å²) in [7, 11) is 0. The zero-order valence-corrected chi connectivity index (χ0v) is 13.4. The van der Waals surface area contributed by atoms with Gasteiger partial charge >= 0.3 is 0 Å². The molecule has 1 aliphatic carbocycles. The molecule has 0 radical (unpaired) electrons. The molecule has 1 aliphatic heterocycles. The van der Waals surface area contributed by atoms with E-state index in [4.69, 9.17) is 0 Å². The number of nitrogens with one attached hydrogen (secondary N) is 1. The summed E-state index contributed by atoms with van der Waals surface area (Å²) < 4.78 is 0. The maximum absolute atomic E-state index is 13.0. The van der Waals surface area contributed by atoms with E-state index in [9.17, 15) is 9.59 Å². The Morgan fingerprint density at radius 3 is 2.35 bits per heavy atom. The maximum atomic E-state index is 13.0. The molecule has 0 aromatic heterocycles. The minimum absolute atomic E-state index is 0.0361. The molecule has 2 amide bonds. The van der Waals surface area contributed by atoms with Gasteiger partial charge in [0.2, 0.25) is 11.8 Å². The number of nitrogens with zero attached hydrogens (tertiary/aromatic N) is 1. The molecule has 4 nitrogen and oxygen atoms in total. The van der Waals surface area contributed by atoms with Crippen molar-refractivity contribution in [3.05, 3.63) is 0 Å². The van der Waals surface area contributed by atoms with Crippen molar-refractivity contribution in [3.8, 4) is 0 Å². The third-order valence-corrected chi connectivity index (χ3v) is 4.83. The fraction of sp³-hybridized carbons (Fsp3) is 0.875. The molecule has 1 saturated heterocycles. The molecule has 3 atom stereocenters. The van der Waals surface area contributed by atoms with Gasteiger partial charge in [-0.3, -0.25) is 9.59 Å². The van der Waals surface area contributed by atoms with Crippen molar-refractivity contribution in [3.63, 3.8) is 0 Å². The molecule has 1 saturated carbocycles. The van der Waals surface area contributed by atoms with Crippen molar-refractivity contribution in [2.24, 2.45) is 17.8 Å². The van der Waals surface area contributed by atoms with Crippen LogP contribution >= 0.6 is 0 Å². The minimum atomic E-state index is -0.671. The zero-order chi connectivity index (χ0) is 15.1. The van der Waals surface area contributed by atoms with Crippen molar-refractivity contribution in [1.82, 2.24) is 10.2 Å². The second-order valence-corrected chi connectivity index (χ2v) is 7.15. The standard InChI is InChI=1S/C16H28N2O2/c1-6-11(4)13-14(19)17-16(5,12-7-8-12)15(20)18(13)9-10(2)3/h10-13H,6-9H2,1-5H3,(H,17,19). The van der Waals surface area contributed by atoms with Gasteiger partial charge in [-0.2, -0.15) is 0 Å². The van der Waals surface area contributed by atoms with Gasteiger partial charge < -0.3 is 10.2 Å². The van der Waals surface area contributed by atoms with E-state index < -0.39 is 5.54 Å². The highest BCUT2D eigenvalue weighted by Crippen LogP contribution is 2.43. The van der Waals surface area contributed by atoms with Crippen LogP contribution in [0.25, 0.3) is 0 Å². The number of amides is 2. The van der Waals surface area contributed by atoms with Gasteiger partial charge in [-0.15, -0.1) is 0 Å². The van der Waals surface area contributed by atoms with E-state index in [-0.39, 0.29) is 23.8 Å². The summed E-state index contributed by atoms with van der Waals surface area (Å²) in [5.74, 6) is 1.06. The summed E-state index contributed by atoms with van der Waals surface area (Å²) in [6.45, 7) is 10.9. The van der Waals surface area contributed by atoms with Crippen LogP contribution in [0.2, 0.25) is 0 Å². The van der Waals surface area contributed by atoms with Gasteiger partial charge in [0.25, 0.3) is 0 Å². The zero-order valence-electron chi connectivity index (χ0n) is 13.4. The molecule has 0 bridgehead atoms. The Morgan fingerprint density at radius 1 is 1.30 bits per heavy atom. The molecule has 0 aromatic carbocycles. The fourth-order valence-corrected chi connectivity index (χ4v) is 3.27. The Bertz CT molecular complexity index is 403. The third kappa shape index (κ3) is 2.57. The lowest BCUT2D eigenvalue weighted by molar-refractivity contribution is -0.158. The Hall–Kier alpha value is -1.06. The third-order valence-electron chi connectivity index (χ3n) is 4.83.